The zero-order valence-electron chi connectivity index (χ0n) is 12.0. The van der Waals surface area contributed by atoms with Crippen molar-refractivity contribution in [1.82, 2.24) is 20.2 Å². The first-order valence-corrected chi connectivity index (χ1v) is 7.18. The van der Waals surface area contributed by atoms with Crippen LogP contribution in [0, 0.1) is 5.92 Å². The number of carbonyl (C=O) groups is 1. The first-order chi connectivity index (χ1) is 9.69. The third kappa shape index (κ3) is 4.16. The highest BCUT2D eigenvalue weighted by Crippen LogP contribution is 2.21. The van der Waals surface area contributed by atoms with Gasteiger partial charge in [-0.05, 0) is 38.6 Å². The number of likely N-dealkylation sites (tertiary alicyclic amines) is 1. The van der Waals surface area contributed by atoms with Gasteiger partial charge in [-0.1, -0.05) is 0 Å². The van der Waals surface area contributed by atoms with Gasteiger partial charge < -0.3 is 16.0 Å². The molecule has 1 saturated heterocycles. The molecule has 0 saturated carbocycles. The smallest absolute Gasteiger partial charge is 0.236 e. The second kappa shape index (κ2) is 7.19. The van der Waals surface area contributed by atoms with Crippen LogP contribution in [0.15, 0.2) is 12.4 Å². The van der Waals surface area contributed by atoms with Gasteiger partial charge in [-0.3, -0.25) is 9.78 Å². The van der Waals surface area contributed by atoms with Crippen LogP contribution in [0.2, 0.25) is 0 Å². The molecule has 0 aromatic carbocycles. The summed E-state index contributed by atoms with van der Waals surface area (Å²) in [5.74, 6) is 1.22. The van der Waals surface area contributed by atoms with Crippen LogP contribution in [-0.4, -0.2) is 47.5 Å². The molecule has 0 unspecified atom stereocenters. The first kappa shape index (κ1) is 14.7. The highest BCUT2D eigenvalue weighted by molar-refractivity contribution is 5.78. The monoisotopic (exact) mass is 277 g/mol. The van der Waals surface area contributed by atoms with Gasteiger partial charge in [-0.25, -0.2) is 4.98 Å². The van der Waals surface area contributed by atoms with Crippen molar-refractivity contribution in [3.63, 3.8) is 0 Å². The number of nitrogens with zero attached hydrogens (tertiary/aromatic N) is 3. The quantitative estimate of drug-likeness (QED) is 0.835. The van der Waals surface area contributed by atoms with Gasteiger partial charge in [0.15, 0.2) is 0 Å². The number of nitrogens with one attached hydrogen (secondary N) is 1. The summed E-state index contributed by atoms with van der Waals surface area (Å²) in [6.07, 6.45) is 7.50. The minimum absolute atomic E-state index is 0.195. The zero-order chi connectivity index (χ0) is 14.4. The summed E-state index contributed by atoms with van der Waals surface area (Å²) >= 11 is 0. The summed E-state index contributed by atoms with van der Waals surface area (Å²) in [6, 6.07) is 0. The van der Waals surface area contributed by atoms with Gasteiger partial charge in [0.05, 0.1) is 24.6 Å². The van der Waals surface area contributed by atoms with Crippen LogP contribution in [0.5, 0.6) is 0 Å². The fourth-order valence-corrected chi connectivity index (χ4v) is 2.65. The Morgan fingerprint density at radius 2 is 2.25 bits per heavy atom. The van der Waals surface area contributed by atoms with Gasteiger partial charge in [-0.15, -0.1) is 0 Å². The summed E-state index contributed by atoms with van der Waals surface area (Å²) in [5.41, 5.74) is 6.53. The molecule has 2 rings (SSSR count). The van der Waals surface area contributed by atoms with Crippen LogP contribution < -0.4 is 11.1 Å². The van der Waals surface area contributed by atoms with Crippen molar-refractivity contribution >= 4 is 11.7 Å². The lowest BCUT2D eigenvalue weighted by Crippen LogP contribution is -2.37. The molecule has 1 atom stereocenters. The van der Waals surface area contributed by atoms with Crippen molar-refractivity contribution in [2.24, 2.45) is 5.92 Å². The van der Waals surface area contributed by atoms with E-state index in [9.17, 15) is 4.79 Å². The van der Waals surface area contributed by atoms with E-state index in [4.69, 9.17) is 5.73 Å². The molecule has 1 aromatic heterocycles. The maximum Gasteiger partial charge on any atom is 0.236 e. The van der Waals surface area contributed by atoms with Crippen molar-refractivity contribution in [2.45, 2.75) is 25.7 Å². The fraction of sp³-hybridized carbons (Fsp3) is 0.643. The molecule has 20 heavy (non-hydrogen) atoms. The van der Waals surface area contributed by atoms with E-state index in [1.54, 1.807) is 19.4 Å². The predicted octanol–water partition coefficient (Wildman–Crippen LogP) is 0.449. The number of nitrogen functional groups attached to an aromatic ring is 1. The van der Waals surface area contributed by atoms with E-state index in [1.165, 1.54) is 0 Å². The molecule has 110 valence electrons. The Morgan fingerprint density at radius 3 is 2.95 bits per heavy atom. The van der Waals surface area contributed by atoms with Crippen LogP contribution >= 0.6 is 0 Å². The Morgan fingerprint density at radius 1 is 1.40 bits per heavy atom. The molecule has 1 aliphatic heterocycles. The second-order valence-electron chi connectivity index (χ2n) is 5.34. The highest BCUT2D eigenvalue weighted by atomic mass is 16.2. The Kier molecular flexibility index (Phi) is 5.29. The molecule has 1 fully saturated rings. The Hall–Kier alpha value is -1.69. The lowest BCUT2D eigenvalue weighted by Gasteiger charge is -2.20. The van der Waals surface area contributed by atoms with Crippen molar-refractivity contribution in [1.29, 1.82) is 0 Å². The van der Waals surface area contributed by atoms with Gasteiger partial charge >= 0.3 is 0 Å². The molecule has 0 radical (unpaired) electrons. The number of amides is 1. The van der Waals surface area contributed by atoms with Crippen LogP contribution in [0.25, 0.3) is 0 Å². The van der Waals surface area contributed by atoms with Gasteiger partial charge in [0.25, 0.3) is 0 Å². The maximum atomic E-state index is 11.9. The number of rotatable bonds is 4. The summed E-state index contributed by atoms with van der Waals surface area (Å²) in [6.45, 7) is 2.13. The molecular formula is C14H23N5O. The number of anilines is 1. The summed E-state index contributed by atoms with van der Waals surface area (Å²) < 4.78 is 0. The molecule has 1 aliphatic rings. The SMILES string of the molecule is CNCC(=O)N1CCC[C@H](Cc2cnc(N)cn2)CC1. The molecule has 1 amide bonds. The minimum atomic E-state index is 0.195. The molecule has 1 aromatic rings. The van der Waals surface area contributed by atoms with E-state index in [-0.39, 0.29) is 5.91 Å². The summed E-state index contributed by atoms with van der Waals surface area (Å²) in [7, 11) is 1.80. The van der Waals surface area contributed by atoms with Crippen molar-refractivity contribution in [3.8, 4) is 0 Å². The average molecular weight is 277 g/mol. The predicted molar refractivity (Wildman–Crippen MR) is 78.0 cm³/mol. The van der Waals surface area contributed by atoms with Crippen LogP contribution in [-0.2, 0) is 11.2 Å². The summed E-state index contributed by atoms with van der Waals surface area (Å²) in [5, 5.41) is 2.92. The summed E-state index contributed by atoms with van der Waals surface area (Å²) in [4.78, 5) is 22.2. The van der Waals surface area contributed by atoms with E-state index in [1.807, 2.05) is 4.90 Å². The normalized spacial score (nSPS) is 19.6. The molecule has 0 aliphatic carbocycles. The fourth-order valence-electron chi connectivity index (χ4n) is 2.65. The van der Waals surface area contributed by atoms with Crippen LogP contribution in [0.4, 0.5) is 5.82 Å². The molecule has 0 bridgehead atoms. The number of hydrogen-bond acceptors (Lipinski definition) is 5. The lowest BCUT2D eigenvalue weighted by atomic mass is 9.95. The van der Waals surface area contributed by atoms with Crippen molar-refractivity contribution in [3.05, 3.63) is 18.1 Å². The van der Waals surface area contributed by atoms with Crippen LogP contribution in [0.1, 0.15) is 25.0 Å². The standard InChI is InChI=1S/C14H23N5O/c1-16-10-14(20)19-5-2-3-11(4-6-19)7-12-8-18-13(15)9-17-12/h8-9,11,16H,2-7,10H2,1H3,(H2,15,18)/t11-/m0/s1. The van der Waals surface area contributed by atoms with Gasteiger partial charge in [0.1, 0.15) is 5.82 Å². The van der Waals surface area contributed by atoms with Crippen molar-refractivity contribution < 1.29 is 4.79 Å². The largest absolute Gasteiger partial charge is 0.382 e. The van der Waals surface area contributed by atoms with Crippen LogP contribution in [0.3, 0.4) is 0 Å². The Balaban J connectivity index is 1.86. The van der Waals surface area contributed by atoms with E-state index < -0.39 is 0 Å². The Labute approximate surface area is 119 Å². The van der Waals surface area contributed by atoms with E-state index in [0.29, 0.717) is 18.3 Å². The second-order valence-corrected chi connectivity index (χ2v) is 5.34. The van der Waals surface area contributed by atoms with Gasteiger partial charge in [-0.2, -0.15) is 0 Å². The molecule has 6 nitrogen and oxygen atoms in total. The van der Waals surface area contributed by atoms with E-state index in [0.717, 1.165) is 44.5 Å². The van der Waals surface area contributed by atoms with E-state index in [2.05, 4.69) is 15.3 Å². The highest BCUT2D eigenvalue weighted by Gasteiger charge is 2.20. The molecule has 2 heterocycles. The molecule has 3 N–H and O–H groups in total. The average Bonchev–Trinajstić information content (AvgIpc) is 2.67. The lowest BCUT2D eigenvalue weighted by molar-refractivity contribution is -0.130. The third-order valence-electron chi connectivity index (χ3n) is 3.75. The first-order valence-electron chi connectivity index (χ1n) is 7.18. The molecular weight excluding hydrogens is 254 g/mol. The number of nitrogens with two attached hydrogens (primary N) is 1. The number of hydrogen-bond donors (Lipinski definition) is 2. The minimum Gasteiger partial charge on any atom is -0.382 e. The number of likely N-dealkylation sites (N-methyl/N-ethyl adjacent to an activating group) is 1. The maximum absolute atomic E-state index is 11.9. The topological polar surface area (TPSA) is 84.1 Å². The third-order valence-corrected chi connectivity index (χ3v) is 3.75. The van der Waals surface area contributed by atoms with E-state index >= 15 is 0 Å². The van der Waals surface area contributed by atoms with Gasteiger partial charge in [0, 0.05) is 13.1 Å². The number of carbonyl (C=O) groups excluding carboxylic acids is 1. The number of aromatic nitrogens is 2. The Bertz CT molecular complexity index is 434. The zero-order valence-corrected chi connectivity index (χ0v) is 12.0. The van der Waals surface area contributed by atoms with Gasteiger partial charge in [0.2, 0.25) is 5.91 Å². The van der Waals surface area contributed by atoms with Crippen molar-refractivity contribution in [2.75, 3.05) is 32.4 Å². The molecule has 0 spiro atoms. The molecule has 6 heteroatoms.